The number of rotatable bonds is 3. The quantitative estimate of drug-likeness (QED) is 0.300. The highest BCUT2D eigenvalue weighted by molar-refractivity contribution is 6.58. The van der Waals surface area contributed by atoms with Gasteiger partial charge < -0.3 is 25.3 Å². The van der Waals surface area contributed by atoms with Crippen molar-refractivity contribution in [2.24, 2.45) is 0 Å². The van der Waals surface area contributed by atoms with Gasteiger partial charge in [0.1, 0.15) is 5.52 Å². The van der Waals surface area contributed by atoms with Gasteiger partial charge in [0, 0.05) is 22.0 Å². The van der Waals surface area contributed by atoms with Crippen LogP contribution in [-0.4, -0.2) is 33.0 Å². The van der Waals surface area contributed by atoms with Gasteiger partial charge in [0.2, 0.25) is 5.43 Å². The molecule has 0 fully saturated rings. The Morgan fingerprint density at radius 3 is 2.43 bits per heavy atom. The molecule has 0 saturated carbocycles. The van der Waals surface area contributed by atoms with E-state index in [2.05, 4.69) is 15.3 Å². The van der Waals surface area contributed by atoms with Crippen LogP contribution in [0.3, 0.4) is 0 Å². The number of carbonyl (C=O) groups is 1. The topological polar surface area (TPSA) is 118 Å². The summed E-state index contributed by atoms with van der Waals surface area (Å²) in [7, 11) is -1.63. The zero-order valence-corrected chi connectivity index (χ0v) is 15.6. The number of H-pyrrole nitrogens is 2. The fourth-order valence-electron chi connectivity index (χ4n) is 3.74. The van der Waals surface area contributed by atoms with Gasteiger partial charge in [-0.1, -0.05) is 36.4 Å². The third-order valence-corrected chi connectivity index (χ3v) is 5.18. The first-order valence-corrected chi connectivity index (χ1v) is 9.36. The van der Waals surface area contributed by atoms with Crippen LogP contribution in [0.5, 0.6) is 0 Å². The highest BCUT2D eigenvalue weighted by Crippen LogP contribution is 2.27. The summed E-state index contributed by atoms with van der Waals surface area (Å²) in [6, 6.07) is 18.9. The van der Waals surface area contributed by atoms with Crippen molar-refractivity contribution in [3.05, 3.63) is 82.5 Å². The molecule has 0 unspecified atom stereocenters. The van der Waals surface area contributed by atoms with Gasteiger partial charge in [-0.15, -0.1) is 0 Å². The predicted molar refractivity (Wildman–Crippen MR) is 118 cm³/mol. The van der Waals surface area contributed by atoms with Gasteiger partial charge in [0.15, 0.2) is 0 Å². The number of carbonyl (C=O) groups excluding carboxylic acids is 1. The lowest BCUT2D eigenvalue weighted by atomic mass is 9.80. The van der Waals surface area contributed by atoms with Crippen LogP contribution in [-0.2, 0) is 0 Å². The number of benzene rings is 3. The number of nitrogens with one attached hydrogen (secondary N) is 3. The second kappa shape index (κ2) is 6.87. The minimum atomic E-state index is -1.63. The molecule has 0 atom stereocenters. The molecule has 7 nitrogen and oxygen atoms in total. The normalized spacial score (nSPS) is 11.3. The summed E-state index contributed by atoms with van der Waals surface area (Å²) in [4.78, 5) is 32.3. The minimum Gasteiger partial charge on any atom is -0.423 e. The number of amides is 1. The van der Waals surface area contributed by atoms with E-state index in [-0.39, 0.29) is 16.8 Å². The highest BCUT2D eigenvalue weighted by Gasteiger charge is 2.17. The maximum Gasteiger partial charge on any atom is 0.488 e. The Hall–Kier alpha value is -3.88. The molecule has 3 aromatic carbocycles. The molecule has 30 heavy (non-hydrogen) atoms. The average Bonchev–Trinajstić information content (AvgIpc) is 3.13. The molecule has 2 heterocycles. The van der Waals surface area contributed by atoms with Gasteiger partial charge >= 0.3 is 7.12 Å². The first kappa shape index (κ1) is 18.2. The van der Waals surface area contributed by atoms with E-state index in [1.54, 1.807) is 36.4 Å². The Kier molecular flexibility index (Phi) is 4.16. The minimum absolute atomic E-state index is 0.133. The van der Waals surface area contributed by atoms with Crippen molar-refractivity contribution in [1.82, 2.24) is 9.97 Å². The van der Waals surface area contributed by atoms with Gasteiger partial charge in [-0.25, -0.2) is 0 Å². The summed E-state index contributed by atoms with van der Waals surface area (Å²) >= 11 is 0. The molecule has 0 aliphatic heterocycles. The van der Waals surface area contributed by atoms with E-state index >= 15 is 0 Å². The molecule has 5 rings (SSSR count). The average molecular weight is 397 g/mol. The van der Waals surface area contributed by atoms with Crippen LogP contribution in [0.25, 0.3) is 32.8 Å². The number of pyridine rings is 1. The number of aromatic nitrogens is 2. The van der Waals surface area contributed by atoms with Crippen molar-refractivity contribution in [3.8, 4) is 0 Å². The number of para-hydroxylation sites is 2. The molecule has 0 bridgehead atoms. The largest absolute Gasteiger partial charge is 0.488 e. The number of anilines is 1. The van der Waals surface area contributed by atoms with Crippen molar-refractivity contribution in [2.45, 2.75) is 0 Å². The first-order valence-electron chi connectivity index (χ1n) is 9.36. The van der Waals surface area contributed by atoms with Crippen molar-refractivity contribution < 1.29 is 14.8 Å². The summed E-state index contributed by atoms with van der Waals surface area (Å²) in [5.74, 6) is -0.381. The van der Waals surface area contributed by atoms with E-state index in [1.165, 1.54) is 6.07 Å². The van der Waals surface area contributed by atoms with Crippen LogP contribution in [0.15, 0.2) is 71.5 Å². The van der Waals surface area contributed by atoms with Gasteiger partial charge in [0.05, 0.1) is 16.6 Å². The lowest BCUT2D eigenvalue weighted by Crippen LogP contribution is -2.30. The number of fused-ring (bicyclic) bond motifs is 4. The first-order chi connectivity index (χ1) is 14.5. The summed E-state index contributed by atoms with van der Waals surface area (Å²) in [5, 5.41) is 22.7. The molecule has 5 N–H and O–H groups in total. The van der Waals surface area contributed by atoms with E-state index in [1.807, 2.05) is 24.3 Å². The maximum absolute atomic E-state index is 13.0. The summed E-state index contributed by atoms with van der Waals surface area (Å²) < 4.78 is 0. The molecule has 0 radical (unpaired) electrons. The monoisotopic (exact) mass is 397 g/mol. The highest BCUT2D eigenvalue weighted by atomic mass is 16.4. The number of aromatic amines is 2. The molecule has 8 heteroatoms. The van der Waals surface area contributed by atoms with Crippen molar-refractivity contribution in [1.29, 1.82) is 0 Å². The summed E-state index contributed by atoms with van der Waals surface area (Å²) in [6.45, 7) is 0. The lowest BCUT2D eigenvalue weighted by Gasteiger charge is -2.08. The van der Waals surface area contributed by atoms with Crippen LogP contribution < -0.4 is 16.2 Å². The molecule has 146 valence electrons. The number of hydrogen-bond donors (Lipinski definition) is 5. The molecule has 2 aromatic heterocycles. The van der Waals surface area contributed by atoms with Gasteiger partial charge in [0.25, 0.3) is 5.91 Å². The lowest BCUT2D eigenvalue weighted by molar-refractivity contribution is 0.102. The summed E-state index contributed by atoms with van der Waals surface area (Å²) in [5.41, 5.74) is 3.27. The van der Waals surface area contributed by atoms with Crippen LogP contribution >= 0.6 is 0 Å². The second-order valence-corrected chi connectivity index (χ2v) is 7.06. The SMILES string of the molecule is O=C(Nc1cccc(B(O)O)c1)c1cccc2c1[nH]c1c(=O)c3ccccc3[nH]c12. The molecule has 5 aromatic rings. The molecule has 0 saturated heterocycles. The van der Waals surface area contributed by atoms with Crippen molar-refractivity contribution >= 4 is 57.0 Å². The number of hydrogen-bond acceptors (Lipinski definition) is 4. The van der Waals surface area contributed by atoms with E-state index < -0.39 is 7.12 Å². The molecule has 0 spiro atoms. The maximum atomic E-state index is 13.0. The third kappa shape index (κ3) is 2.86. The fraction of sp³-hybridized carbons (Fsp3) is 0. The van der Waals surface area contributed by atoms with Crippen LogP contribution in [0.1, 0.15) is 10.4 Å². The zero-order chi connectivity index (χ0) is 20.8. The van der Waals surface area contributed by atoms with Gasteiger partial charge in [-0.3, -0.25) is 9.59 Å². The zero-order valence-electron chi connectivity index (χ0n) is 15.6. The molecular weight excluding hydrogens is 381 g/mol. The Balaban J connectivity index is 1.64. The van der Waals surface area contributed by atoms with Crippen molar-refractivity contribution in [3.63, 3.8) is 0 Å². The smallest absolute Gasteiger partial charge is 0.423 e. The molecule has 0 aliphatic carbocycles. The van der Waals surface area contributed by atoms with Crippen LogP contribution in [0, 0.1) is 0 Å². The van der Waals surface area contributed by atoms with Crippen molar-refractivity contribution in [2.75, 3.05) is 5.32 Å². The molecule has 1 amide bonds. The third-order valence-electron chi connectivity index (χ3n) is 5.18. The van der Waals surface area contributed by atoms with Crippen LogP contribution in [0.4, 0.5) is 5.69 Å². The fourth-order valence-corrected chi connectivity index (χ4v) is 3.74. The Bertz CT molecular complexity index is 1500. The van der Waals surface area contributed by atoms with Gasteiger partial charge in [-0.05, 0) is 35.8 Å². The Labute approximate surface area is 170 Å². The molecular formula is C22H16BN3O4. The Morgan fingerprint density at radius 1 is 0.833 bits per heavy atom. The standard InChI is InChI=1S/C22H16BN3O4/c27-21-14-7-1-2-10-17(14)25-19-15-8-4-9-16(18(15)26-20(19)21)22(28)24-13-6-3-5-12(11-13)23(29)30/h1-11,26,29-30H,(H,24,28)(H,25,27). The Morgan fingerprint density at radius 2 is 1.60 bits per heavy atom. The second-order valence-electron chi connectivity index (χ2n) is 7.06. The van der Waals surface area contributed by atoms with E-state index in [9.17, 15) is 19.6 Å². The van der Waals surface area contributed by atoms with Gasteiger partial charge in [-0.2, -0.15) is 0 Å². The van der Waals surface area contributed by atoms with Crippen LogP contribution in [0.2, 0.25) is 0 Å². The summed E-state index contributed by atoms with van der Waals surface area (Å²) in [6.07, 6.45) is 0. The predicted octanol–water partition coefficient (Wildman–Crippen LogP) is 2.09. The van der Waals surface area contributed by atoms with E-state index in [0.29, 0.717) is 33.2 Å². The van der Waals surface area contributed by atoms with E-state index in [0.717, 1.165) is 10.9 Å². The molecule has 0 aliphatic rings. The van der Waals surface area contributed by atoms with E-state index in [4.69, 9.17) is 0 Å².